The minimum Gasteiger partial charge on any atom is -0.264 e. The van der Waals surface area contributed by atoms with Crippen molar-refractivity contribution in [2.24, 2.45) is 0 Å². The Morgan fingerprint density at radius 3 is 2.75 bits per heavy atom. The van der Waals surface area contributed by atoms with E-state index in [1.54, 1.807) is 18.5 Å². The van der Waals surface area contributed by atoms with Gasteiger partial charge in [-0.15, -0.1) is 0 Å². The van der Waals surface area contributed by atoms with Crippen LogP contribution in [0.5, 0.6) is 0 Å². The number of benzene rings is 1. The Morgan fingerprint density at radius 2 is 2.10 bits per heavy atom. The van der Waals surface area contributed by atoms with Gasteiger partial charge < -0.3 is 0 Å². The van der Waals surface area contributed by atoms with Gasteiger partial charge in [-0.3, -0.25) is 4.98 Å². The number of hydrogen-bond acceptors (Lipinski definition) is 3. The topological polar surface area (TPSA) is 59.1 Å². The summed E-state index contributed by atoms with van der Waals surface area (Å²) in [6.45, 7) is 1.98. The molecule has 4 nitrogen and oxygen atoms in total. The van der Waals surface area contributed by atoms with Crippen molar-refractivity contribution in [3.63, 3.8) is 0 Å². The zero-order valence-corrected chi connectivity index (χ0v) is 13.0. The summed E-state index contributed by atoms with van der Waals surface area (Å²) in [7, 11) is -3.75. The lowest BCUT2D eigenvalue weighted by Gasteiger charge is -2.09. The van der Waals surface area contributed by atoms with E-state index in [0.717, 1.165) is 17.2 Å². The predicted octanol–water partition coefficient (Wildman–Crippen LogP) is 2.77. The van der Waals surface area contributed by atoms with Crippen LogP contribution in [0.2, 0.25) is 0 Å². The fourth-order valence-corrected chi connectivity index (χ4v) is 2.85. The smallest absolute Gasteiger partial charge is 0.240 e. The van der Waals surface area contributed by atoms with Crippen molar-refractivity contribution < 1.29 is 12.8 Å². The van der Waals surface area contributed by atoms with Crippen molar-refractivity contribution in [2.45, 2.75) is 18.4 Å². The molecule has 0 unspecified atom stereocenters. The third-order valence-corrected chi connectivity index (χ3v) is 4.84. The molecule has 2 aromatic rings. The maximum Gasteiger partial charge on any atom is 0.240 e. The standard InChI is InChI=1S/C13H12BrFN2O2S/c1-9-4-5-16-7-10(9)8-17-20(18,19)11-2-3-12(14)13(15)6-11/h2-7,17H,8H2,1H3. The van der Waals surface area contributed by atoms with Gasteiger partial charge in [-0.25, -0.2) is 17.5 Å². The summed E-state index contributed by atoms with van der Waals surface area (Å²) in [5, 5.41) is 0. The Balaban J connectivity index is 2.19. The van der Waals surface area contributed by atoms with Crippen LogP contribution in [-0.4, -0.2) is 13.4 Å². The highest BCUT2D eigenvalue weighted by molar-refractivity contribution is 9.10. The van der Waals surface area contributed by atoms with Crippen molar-refractivity contribution in [3.05, 3.63) is 58.1 Å². The molecule has 0 aliphatic carbocycles. The van der Waals surface area contributed by atoms with Gasteiger partial charge in [0.25, 0.3) is 0 Å². The van der Waals surface area contributed by atoms with Crippen molar-refractivity contribution >= 4 is 26.0 Å². The van der Waals surface area contributed by atoms with Gasteiger partial charge in [0.05, 0.1) is 9.37 Å². The first kappa shape index (κ1) is 15.1. The Hall–Kier alpha value is -1.31. The highest BCUT2D eigenvalue weighted by Gasteiger charge is 2.16. The number of nitrogens with one attached hydrogen (secondary N) is 1. The molecule has 0 atom stereocenters. The highest BCUT2D eigenvalue weighted by atomic mass is 79.9. The van der Waals surface area contributed by atoms with Crippen molar-refractivity contribution in [2.75, 3.05) is 0 Å². The van der Waals surface area contributed by atoms with Gasteiger partial charge in [-0.1, -0.05) is 0 Å². The first-order valence-electron chi connectivity index (χ1n) is 5.74. The second-order valence-electron chi connectivity index (χ2n) is 4.20. The molecular weight excluding hydrogens is 347 g/mol. The monoisotopic (exact) mass is 358 g/mol. The first-order valence-corrected chi connectivity index (χ1v) is 8.02. The molecule has 20 heavy (non-hydrogen) atoms. The molecule has 0 spiro atoms. The first-order chi connectivity index (χ1) is 9.40. The molecule has 1 heterocycles. The number of aryl methyl sites for hydroxylation is 1. The minimum atomic E-state index is -3.75. The lowest BCUT2D eigenvalue weighted by molar-refractivity contribution is 0.576. The Morgan fingerprint density at radius 1 is 1.35 bits per heavy atom. The number of sulfonamides is 1. The fraction of sp³-hybridized carbons (Fsp3) is 0.154. The van der Waals surface area contributed by atoms with E-state index in [9.17, 15) is 12.8 Å². The summed E-state index contributed by atoms with van der Waals surface area (Å²) in [5.41, 5.74) is 1.71. The van der Waals surface area contributed by atoms with Crippen molar-refractivity contribution in [3.8, 4) is 0 Å². The third-order valence-electron chi connectivity index (χ3n) is 2.80. The maximum atomic E-state index is 13.4. The summed E-state index contributed by atoms with van der Waals surface area (Å²) in [5.74, 6) is -0.620. The number of aromatic nitrogens is 1. The Bertz CT molecular complexity index is 735. The third kappa shape index (κ3) is 3.41. The molecule has 0 aliphatic heterocycles. The van der Waals surface area contributed by atoms with E-state index in [4.69, 9.17) is 0 Å². The zero-order chi connectivity index (χ0) is 14.8. The number of rotatable bonds is 4. The molecule has 0 saturated heterocycles. The lowest BCUT2D eigenvalue weighted by Crippen LogP contribution is -2.23. The van der Waals surface area contributed by atoms with Gasteiger partial charge in [-0.05, 0) is 58.2 Å². The van der Waals surface area contributed by atoms with Gasteiger partial charge in [0.1, 0.15) is 5.82 Å². The summed E-state index contributed by atoms with van der Waals surface area (Å²) >= 11 is 2.98. The molecule has 1 aromatic heterocycles. The SMILES string of the molecule is Cc1ccncc1CNS(=O)(=O)c1ccc(Br)c(F)c1. The summed E-state index contributed by atoms with van der Waals surface area (Å²) in [6.07, 6.45) is 3.23. The molecular formula is C13H12BrFN2O2S. The molecule has 106 valence electrons. The highest BCUT2D eigenvalue weighted by Crippen LogP contribution is 2.19. The molecule has 1 N–H and O–H groups in total. The van der Waals surface area contributed by atoms with Crippen LogP contribution in [0.25, 0.3) is 0 Å². The van der Waals surface area contributed by atoms with E-state index in [1.165, 1.54) is 12.1 Å². The van der Waals surface area contributed by atoms with Crippen LogP contribution in [0.4, 0.5) is 4.39 Å². The quantitative estimate of drug-likeness (QED) is 0.913. The molecule has 0 aliphatic rings. The average molecular weight is 359 g/mol. The predicted molar refractivity (Wildman–Crippen MR) is 77.1 cm³/mol. The minimum absolute atomic E-state index is 0.111. The molecule has 2 rings (SSSR count). The number of nitrogens with zero attached hydrogens (tertiary/aromatic N) is 1. The van der Waals surface area contributed by atoms with Crippen LogP contribution in [0.3, 0.4) is 0 Å². The van der Waals surface area contributed by atoms with E-state index >= 15 is 0 Å². The van der Waals surface area contributed by atoms with Crippen LogP contribution >= 0.6 is 15.9 Å². The number of hydrogen-bond donors (Lipinski definition) is 1. The molecule has 0 saturated carbocycles. The van der Waals surface area contributed by atoms with Crippen LogP contribution in [0.1, 0.15) is 11.1 Å². The molecule has 0 amide bonds. The number of pyridine rings is 1. The van der Waals surface area contributed by atoms with E-state index < -0.39 is 15.8 Å². The van der Waals surface area contributed by atoms with Gasteiger partial charge >= 0.3 is 0 Å². The van der Waals surface area contributed by atoms with Crippen molar-refractivity contribution in [1.82, 2.24) is 9.71 Å². The molecule has 7 heteroatoms. The normalized spacial score (nSPS) is 11.6. The molecule has 0 fully saturated rings. The summed E-state index contributed by atoms with van der Waals surface area (Å²) < 4.78 is 40.2. The molecule has 0 bridgehead atoms. The summed E-state index contributed by atoms with van der Waals surface area (Å²) in [4.78, 5) is 3.83. The second-order valence-corrected chi connectivity index (χ2v) is 6.82. The second kappa shape index (κ2) is 5.99. The van der Waals surface area contributed by atoms with E-state index in [1.807, 2.05) is 6.92 Å². The van der Waals surface area contributed by atoms with Gasteiger partial charge in [0.15, 0.2) is 0 Å². The van der Waals surface area contributed by atoms with Crippen LogP contribution in [0.15, 0.2) is 46.0 Å². The lowest BCUT2D eigenvalue weighted by atomic mass is 10.2. The van der Waals surface area contributed by atoms with Crippen LogP contribution in [0, 0.1) is 12.7 Å². The Labute approximate surface area is 125 Å². The largest absolute Gasteiger partial charge is 0.264 e. The molecule has 0 radical (unpaired) electrons. The molecule has 1 aromatic carbocycles. The maximum absolute atomic E-state index is 13.4. The van der Waals surface area contributed by atoms with E-state index in [-0.39, 0.29) is 15.9 Å². The summed E-state index contributed by atoms with van der Waals surface area (Å²) in [6, 6.07) is 5.47. The fourth-order valence-electron chi connectivity index (χ4n) is 1.58. The number of halogens is 2. The van der Waals surface area contributed by atoms with Gasteiger partial charge in [0.2, 0.25) is 10.0 Å². The van der Waals surface area contributed by atoms with E-state index in [0.29, 0.717) is 0 Å². The Kier molecular flexibility index (Phi) is 4.52. The van der Waals surface area contributed by atoms with Gasteiger partial charge in [0, 0.05) is 18.9 Å². The zero-order valence-electron chi connectivity index (χ0n) is 10.6. The van der Waals surface area contributed by atoms with Gasteiger partial charge in [-0.2, -0.15) is 0 Å². The van der Waals surface area contributed by atoms with Crippen LogP contribution < -0.4 is 4.72 Å². The van der Waals surface area contributed by atoms with Crippen LogP contribution in [-0.2, 0) is 16.6 Å². The van der Waals surface area contributed by atoms with E-state index in [2.05, 4.69) is 25.6 Å². The van der Waals surface area contributed by atoms with Crippen molar-refractivity contribution in [1.29, 1.82) is 0 Å². The average Bonchev–Trinajstić information content (AvgIpc) is 2.41.